The molecule has 0 bridgehead atoms. The molecule has 0 aliphatic carbocycles. The number of pyridine rings is 1. The highest BCUT2D eigenvalue weighted by atomic mass is 35.5. The molecule has 142 valence electrons. The van der Waals surface area contributed by atoms with Crippen molar-refractivity contribution in [1.82, 2.24) is 14.8 Å². The van der Waals surface area contributed by atoms with E-state index >= 15 is 0 Å². The van der Waals surface area contributed by atoms with Gasteiger partial charge in [0.15, 0.2) is 5.65 Å². The minimum Gasteiger partial charge on any atom is -0.227 e. The van der Waals surface area contributed by atoms with Crippen LogP contribution in [0.3, 0.4) is 0 Å². The lowest BCUT2D eigenvalue weighted by molar-refractivity contribution is 0.901. The first-order valence-corrected chi connectivity index (χ1v) is 9.83. The number of hydrogen-bond donors (Lipinski definition) is 0. The lowest BCUT2D eigenvalue weighted by atomic mass is 10.0. The summed E-state index contributed by atoms with van der Waals surface area (Å²) < 4.78 is 1.83. The van der Waals surface area contributed by atoms with Crippen molar-refractivity contribution in [2.45, 2.75) is 0 Å². The molecule has 5 rings (SSSR count). The lowest BCUT2D eigenvalue weighted by Crippen LogP contribution is -1.99. The van der Waals surface area contributed by atoms with Crippen molar-refractivity contribution < 1.29 is 0 Å². The van der Waals surface area contributed by atoms with E-state index < -0.39 is 0 Å². The molecule has 0 amide bonds. The van der Waals surface area contributed by atoms with Gasteiger partial charge in [0, 0.05) is 21.5 Å². The zero-order valence-electron chi connectivity index (χ0n) is 15.8. The van der Waals surface area contributed by atoms with Gasteiger partial charge < -0.3 is 0 Å². The molecule has 0 atom stereocenters. The Hall–Kier alpha value is -3.94. The van der Waals surface area contributed by atoms with E-state index in [1.165, 1.54) is 0 Å². The van der Waals surface area contributed by atoms with Gasteiger partial charge in [-0.05, 0) is 30.3 Å². The Balaban J connectivity index is 1.84. The summed E-state index contributed by atoms with van der Waals surface area (Å²) in [4.78, 5) is 4.91. The molecule has 2 heterocycles. The molecule has 0 saturated heterocycles. The Bertz CT molecular complexity index is 1380. The molecule has 3 aromatic carbocycles. The van der Waals surface area contributed by atoms with Crippen LogP contribution in [0.2, 0.25) is 5.02 Å². The van der Waals surface area contributed by atoms with Crippen LogP contribution in [0.25, 0.3) is 39.2 Å². The average Bonchev–Trinajstić information content (AvgIpc) is 3.18. The first-order valence-electron chi connectivity index (χ1n) is 9.45. The van der Waals surface area contributed by atoms with Crippen molar-refractivity contribution in [3.63, 3.8) is 0 Å². The smallest absolute Gasteiger partial charge is 0.164 e. The number of para-hydroxylation sites is 1. The normalized spacial score (nSPS) is 10.8. The second kappa shape index (κ2) is 7.47. The van der Waals surface area contributed by atoms with Crippen molar-refractivity contribution in [1.29, 1.82) is 5.26 Å². The third-order valence-electron chi connectivity index (χ3n) is 4.94. The number of nitrogens with zero attached hydrogens (tertiary/aromatic N) is 4. The van der Waals surface area contributed by atoms with E-state index in [0.29, 0.717) is 21.9 Å². The Kier molecular flexibility index (Phi) is 4.51. The fraction of sp³-hybridized carbons (Fsp3) is 0. The van der Waals surface area contributed by atoms with Crippen LogP contribution in [0.5, 0.6) is 0 Å². The quantitative estimate of drug-likeness (QED) is 0.354. The third-order valence-corrected chi connectivity index (χ3v) is 5.20. The summed E-state index contributed by atoms with van der Waals surface area (Å²) in [7, 11) is 0. The molecular weight excluding hydrogens is 392 g/mol. The number of benzene rings is 3. The zero-order chi connectivity index (χ0) is 20.5. The van der Waals surface area contributed by atoms with E-state index in [2.05, 4.69) is 6.07 Å². The van der Waals surface area contributed by atoms with E-state index in [1.807, 2.05) is 95.7 Å². The molecule has 0 spiro atoms. The summed E-state index contributed by atoms with van der Waals surface area (Å²) in [6.45, 7) is 0. The lowest BCUT2D eigenvalue weighted by Gasteiger charge is -2.06. The Morgan fingerprint density at radius 2 is 1.40 bits per heavy atom. The van der Waals surface area contributed by atoms with Crippen molar-refractivity contribution in [2.24, 2.45) is 0 Å². The van der Waals surface area contributed by atoms with Crippen LogP contribution >= 0.6 is 11.6 Å². The predicted molar refractivity (Wildman–Crippen MR) is 119 cm³/mol. The maximum Gasteiger partial charge on any atom is 0.164 e. The number of rotatable bonds is 3. The molecular formula is C25H15ClN4. The molecule has 5 aromatic rings. The minimum absolute atomic E-state index is 0.511. The highest BCUT2D eigenvalue weighted by Gasteiger charge is 2.19. The number of aromatic nitrogens is 3. The second-order valence-electron chi connectivity index (χ2n) is 6.84. The highest BCUT2D eigenvalue weighted by Crippen LogP contribution is 2.33. The first kappa shape index (κ1) is 18.1. The summed E-state index contributed by atoms with van der Waals surface area (Å²) in [5, 5.41) is 16.2. The van der Waals surface area contributed by atoms with Crippen molar-refractivity contribution in [2.75, 3.05) is 0 Å². The zero-order valence-corrected chi connectivity index (χ0v) is 16.6. The fourth-order valence-electron chi connectivity index (χ4n) is 3.51. The number of halogens is 1. The van der Waals surface area contributed by atoms with Gasteiger partial charge in [-0.2, -0.15) is 10.4 Å². The third kappa shape index (κ3) is 3.12. The second-order valence-corrected chi connectivity index (χ2v) is 7.27. The van der Waals surface area contributed by atoms with Gasteiger partial charge in [0.05, 0.1) is 16.9 Å². The maximum absolute atomic E-state index is 9.83. The average molecular weight is 407 g/mol. The molecule has 0 unspecified atom stereocenters. The number of fused-ring (bicyclic) bond motifs is 1. The molecule has 5 heteroatoms. The van der Waals surface area contributed by atoms with Crippen LogP contribution in [0.1, 0.15) is 5.56 Å². The van der Waals surface area contributed by atoms with Gasteiger partial charge in [0.1, 0.15) is 11.8 Å². The van der Waals surface area contributed by atoms with E-state index in [4.69, 9.17) is 21.7 Å². The van der Waals surface area contributed by atoms with Crippen LogP contribution in [-0.4, -0.2) is 14.8 Å². The van der Waals surface area contributed by atoms with Gasteiger partial charge >= 0.3 is 0 Å². The van der Waals surface area contributed by atoms with E-state index in [9.17, 15) is 5.26 Å². The van der Waals surface area contributed by atoms with Crippen LogP contribution in [0.4, 0.5) is 0 Å². The summed E-state index contributed by atoms with van der Waals surface area (Å²) >= 11 is 6.07. The largest absolute Gasteiger partial charge is 0.227 e. The molecule has 0 aliphatic heterocycles. The molecule has 0 aliphatic rings. The van der Waals surface area contributed by atoms with E-state index in [-0.39, 0.29) is 0 Å². The molecule has 0 saturated carbocycles. The van der Waals surface area contributed by atoms with Crippen molar-refractivity contribution in [3.05, 3.63) is 102 Å². The van der Waals surface area contributed by atoms with Crippen LogP contribution < -0.4 is 0 Å². The van der Waals surface area contributed by atoms with Crippen LogP contribution in [-0.2, 0) is 0 Å². The van der Waals surface area contributed by atoms with Gasteiger partial charge in [0.2, 0.25) is 0 Å². The number of hydrogen-bond acceptors (Lipinski definition) is 3. The van der Waals surface area contributed by atoms with Gasteiger partial charge in [-0.15, -0.1) is 0 Å². The van der Waals surface area contributed by atoms with Crippen molar-refractivity contribution in [3.8, 4) is 34.3 Å². The summed E-state index contributed by atoms with van der Waals surface area (Å²) in [5.74, 6) is 0. The van der Waals surface area contributed by atoms with Gasteiger partial charge in [0.25, 0.3) is 0 Å². The Morgan fingerprint density at radius 1 is 0.767 bits per heavy atom. The highest BCUT2D eigenvalue weighted by molar-refractivity contribution is 6.30. The fourth-order valence-corrected chi connectivity index (χ4v) is 3.64. The maximum atomic E-state index is 9.83. The van der Waals surface area contributed by atoms with Gasteiger partial charge in [-0.3, -0.25) is 0 Å². The number of nitriles is 1. The molecule has 0 fully saturated rings. The van der Waals surface area contributed by atoms with Gasteiger partial charge in [-0.25, -0.2) is 9.67 Å². The van der Waals surface area contributed by atoms with Crippen molar-refractivity contribution >= 4 is 22.6 Å². The molecule has 2 aromatic heterocycles. The topological polar surface area (TPSA) is 54.5 Å². The van der Waals surface area contributed by atoms with E-state index in [0.717, 1.165) is 27.9 Å². The molecule has 0 radical (unpaired) electrons. The molecule has 0 N–H and O–H groups in total. The monoisotopic (exact) mass is 406 g/mol. The minimum atomic E-state index is 0.511. The SMILES string of the molecule is N#Cc1cc2c(-c3ccc(Cl)cc3)nn(-c3ccccc3)c2nc1-c1ccccc1. The first-order chi connectivity index (χ1) is 14.7. The van der Waals surface area contributed by atoms with E-state index in [1.54, 1.807) is 0 Å². The predicted octanol–water partition coefficient (Wildman–Crippen LogP) is 6.28. The molecule has 4 nitrogen and oxygen atoms in total. The Labute approximate surface area is 178 Å². The Morgan fingerprint density at radius 3 is 2.07 bits per heavy atom. The standard InChI is InChI=1S/C25H15ClN4/c26-20-13-11-18(12-14-20)24-22-15-19(16-27)23(17-7-3-1-4-8-17)28-25(22)30(29-24)21-9-5-2-6-10-21/h1-15H. The summed E-state index contributed by atoms with van der Waals surface area (Å²) in [6.07, 6.45) is 0. The van der Waals surface area contributed by atoms with Crippen LogP contribution in [0.15, 0.2) is 91.0 Å². The summed E-state index contributed by atoms with van der Waals surface area (Å²) in [5.41, 5.74) is 5.32. The van der Waals surface area contributed by atoms with Gasteiger partial charge in [-0.1, -0.05) is 72.3 Å². The van der Waals surface area contributed by atoms with Crippen LogP contribution in [0, 0.1) is 11.3 Å². The molecule has 30 heavy (non-hydrogen) atoms. The summed E-state index contributed by atoms with van der Waals surface area (Å²) in [6, 6.07) is 31.3.